The van der Waals surface area contributed by atoms with Crippen LogP contribution in [0.2, 0.25) is 0 Å². The van der Waals surface area contributed by atoms with E-state index in [2.05, 4.69) is 10.2 Å². The van der Waals surface area contributed by atoms with Gasteiger partial charge in [-0.15, -0.1) is 46.4 Å². The van der Waals surface area contributed by atoms with Crippen molar-refractivity contribution in [3.05, 3.63) is 0 Å². The molecule has 0 aliphatic heterocycles. The van der Waals surface area contributed by atoms with E-state index in [9.17, 15) is 0 Å². The molecule has 8 heteroatoms. The number of rotatable bonds is 11. The van der Waals surface area contributed by atoms with Crippen LogP contribution < -0.4 is 0 Å². The zero-order valence-corrected chi connectivity index (χ0v) is 13.1. The molecule has 106 valence electrons. The molecule has 0 aliphatic rings. The predicted molar refractivity (Wildman–Crippen MR) is 83.0 cm³/mol. The molecule has 0 atom stereocenters. The summed E-state index contributed by atoms with van der Waals surface area (Å²) in [5.41, 5.74) is 0. The van der Waals surface area contributed by atoms with Gasteiger partial charge in [-0.05, 0) is 0 Å². The average molecular weight is 336 g/mol. The van der Waals surface area contributed by atoms with Crippen molar-refractivity contribution in [2.45, 2.75) is 0 Å². The zero-order chi connectivity index (χ0) is 13.6. The number of halogens is 4. The van der Waals surface area contributed by atoms with E-state index in [4.69, 9.17) is 46.4 Å². The molecule has 0 aromatic carbocycles. The van der Waals surface area contributed by atoms with Crippen molar-refractivity contribution < 1.29 is 0 Å². The van der Waals surface area contributed by atoms with Crippen molar-refractivity contribution in [2.75, 3.05) is 49.7 Å². The molecule has 0 aromatic heterocycles. The fourth-order valence-electron chi connectivity index (χ4n) is 1.09. The summed E-state index contributed by atoms with van der Waals surface area (Å²) in [5.74, 6) is 2.04. The molecule has 0 fully saturated rings. The number of hydrogen-bond donors (Lipinski definition) is 0. The van der Waals surface area contributed by atoms with Crippen LogP contribution in [0.25, 0.3) is 0 Å². The third-order valence-corrected chi connectivity index (χ3v) is 2.57. The lowest BCUT2D eigenvalue weighted by Gasteiger charge is -2.16. The monoisotopic (exact) mass is 334 g/mol. The first kappa shape index (κ1) is 18.1. The summed E-state index contributed by atoms with van der Waals surface area (Å²) in [6.45, 7) is 2.63. The third-order valence-electron chi connectivity index (χ3n) is 1.90. The molecule has 0 bridgehead atoms. The van der Waals surface area contributed by atoms with Crippen molar-refractivity contribution in [1.29, 1.82) is 0 Å². The Kier molecular flexibility index (Phi) is 13.6. The van der Waals surface area contributed by atoms with Crippen LogP contribution in [0.4, 0.5) is 0 Å². The highest BCUT2D eigenvalue weighted by atomic mass is 35.5. The molecule has 0 unspecified atom stereocenters. The van der Waals surface area contributed by atoms with Crippen LogP contribution in [0.15, 0.2) is 10.2 Å². The van der Waals surface area contributed by atoms with Gasteiger partial charge in [0.05, 0.1) is 12.4 Å². The number of nitrogens with zero attached hydrogens (tertiary/aromatic N) is 4. The standard InChI is InChI=1S/C10H18Cl4N4/c11-1-7-17(8-2-12)15-5-6-16-18(9-3-13)10-4-14/h5-6H,1-4,7-10H2/b15-5-,16-6-. The molecule has 0 saturated heterocycles. The Balaban J connectivity index is 4.13. The molecular weight excluding hydrogens is 318 g/mol. The van der Waals surface area contributed by atoms with Crippen LogP contribution in [-0.4, -0.2) is 72.1 Å². The van der Waals surface area contributed by atoms with E-state index in [0.29, 0.717) is 49.7 Å². The SMILES string of the molecule is ClCCN(CCCl)/N=C\C=N/N(CCCl)CCCl. The van der Waals surface area contributed by atoms with Crippen molar-refractivity contribution in [3.8, 4) is 0 Å². The van der Waals surface area contributed by atoms with Gasteiger partial charge < -0.3 is 0 Å². The maximum atomic E-state index is 5.65. The van der Waals surface area contributed by atoms with E-state index in [-0.39, 0.29) is 0 Å². The highest BCUT2D eigenvalue weighted by Gasteiger charge is 1.98. The quantitative estimate of drug-likeness (QED) is 0.330. The summed E-state index contributed by atoms with van der Waals surface area (Å²) in [6, 6.07) is 0. The highest BCUT2D eigenvalue weighted by Crippen LogP contribution is 1.93. The first-order chi connectivity index (χ1) is 8.78. The van der Waals surface area contributed by atoms with Gasteiger partial charge in [0, 0.05) is 49.7 Å². The fraction of sp³-hybridized carbons (Fsp3) is 0.800. The molecule has 4 nitrogen and oxygen atoms in total. The van der Waals surface area contributed by atoms with Gasteiger partial charge in [0.25, 0.3) is 0 Å². The van der Waals surface area contributed by atoms with E-state index in [0.717, 1.165) is 0 Å². The summed E-state index contributed by atoms with van der Waals surface area (Å²) < 4.78 is 0. The molecule has 0 rings (SSSR count). The Morgan fingerprint density at radius 2 is 0.889 bits per heavy atom. The molecule has 0 N–H and O–H groups in total. The smallest absolute Gasteiger partial charge is 0.0671 e. The topological polar surface area (TPSA) is 31.2 Å². The fourth-order valence-corrected chi connectivity index (χ4v) is 1.87. The molecule has 0 saturated carbocycles. The second kappa shape index (κ2) is 13.5. The van der Waals surface area contributed by atoms with Crippen LogP contribution in [0, 0.1) is 0 Å². The molecule has 0 heterocycles. The van der Waals surface area contributed by atoms with E-state index < -0.39 is 0 Å². The van der Waals surface area contributed by atoms with Gasteiger partial charge in [0.2, 0.25) is 0 Å². The average Bonchev–Trinajstić information content (AvgIpc) is 2.35. The Labute approximate surface area is 128 Å². The van der Waals surface area contributed by atoms with Gasteiger partial charge >= 0.3 is 0 Å². The van der Waals surface area contributed by atoms with Crippen molar-refractivity contribution >= 4 is 58.8 Å². The van der Waals surface area contributed by atoms with Gasteiger partial charge in [-0.25, -0.2) is 0 Å². The lowest BCUT2D eigenvalue weighted by Crippen LogP contribution is -2.23. The minimum absolute atomic E-state index is 0.510. The number of alkyl halides is 4. The number of hydrazone groups is 2. The predicted octanol–water partition coefficient (Wildman–Crippen LogP) is 2.52. The van der Waals surface area contributed by atoms with E-state index in [1.165, 1.54) is 0 Å². The van der Waals surface area contributed by atoms with E-state index in [1.807, 2.05) is 0 Å². The summed E-state index contributed by atoms with van der Waals surface area (Å²) >= 11 is 22.6. The second-order valence-electron chi connectivity index (χ2n) is 3.19. The molecule has 18 heavy (non-hydrogen) atoms. The third kappa shape index (κ3) is 10.1. The minimum atomic E-state index is 0.510. The maximum absolute atomic E-state index is 5.65. The Bertz CT molecular complexity index is 202. The summed E-state index contributed by atoms with van der Waals surface area (Å²) in [7, 11) is 0. The largest absolute Gasteiger partial charge is 0.295 e. The van der Waals surface area contributed by atoms with Crippen LogP contribution in [0.5, 0.6) is 0 Å². The molecule has 0 radical (unpaired) electrons. The number of hydrogen-bond acceptors (Lipinski definition) is 4. The van der Waals surface area contributed by atoms with Crippen molar-refractivity contribution in [1.82, 2.24) is 10.0 Å². The van der Waals surface area contributed by atoms with E-state index in [1.54, 1.807) is 22.4 Å². The van der Waals surface area contributed by atoms with E-state index >= 15 is 0 Å². The van der Waals surface area contributed by atoms with Crippen LogP contribution in [0.1, 0.15) is 0 Å². The first-order valence-electron chi connectivity index (χ1n) is 5.58. The zero-order valence-electron chi connectivity index (χ0n) is 10.1. The summed E-state index contributed by atoms with van der Waals surface area (Å²) in [5, 5.41) is 12.0. The van der Waals surface area contributed by atoms with Gasteiger partial charge in [-0.3, -0.25) is 10.0 Å². The van der Waals surface area contributed by atoms with Gasteiger partial charge in [0.1, 0.15) is 0 Å². The normalized spacial score (nSPS) is 11.6. The molecular formula is C10H18Cl4N4. The van der Waals surface area contributed by atoms with Gasteiger partial charge in [-0.1, -0.05) is 0 Å². The molecule has 0 amide bonds. The highest BCUT2D eigenvalue weighted by molar-refractivity contribution is 6.19. The van der Waals surface area contributed by atoms with Crippen LogP contribution >= 0.6 is 46.4 Å². The molecule has 0 aromatic rings. The maximum Gasteiger partial charge on any atom is 0.0671 e. The Morgan fingerprint density at radius 3 is 1.11 bits per heavy atom. The van der Waals surface area contributed by atoms with Crippen molar-refractivity contribution in [3.63, 3.8) is 0 Å². The van der Waals surface area contributed by atoms with Gasteiger partial charge in [0.15, 0.2) is 0 Å². The summed E-state index contributed by atoms with van der Waals surface area (Å²) in [6.07, 6.45) is 3.21. The molecule has 0 spiro atoms. The second-order valence-corrected chi connectivity index (χ2v) is 4.70. The van der Waals surface area contributed by atoms with Crippen LogP contribution in [-0.2, 0) is 0 Å². The van der Waals surface area contributed by atoms with Crippen molar-refractivity contribution in [2.24, 2.45) is 10.2 Å². The first-order valence-corrected chi connectivity index (χ1v) is 7.72. The summed E-state index contributed by atoms with van der Waals surface area (Å²) in [4.78, 5) is 0. The Morgan fingerprint density at radius 1 is 0.611 bits per heavy atom. The van der Waals surface area contributed by atoms with Gasteiger partial charge in [-0.2, -0.15) is 10.2 Å². The lowest BCUT2D eigenvalue weighted by atomic mass is 10.6. The Hall–Kier alpha value is 0.1000. The minimum Gasteiger partial charge on any atom is -0.295 e. The molecule has 0 aliphatic carbocycles. The lowest BCUT2D eigenvalue weighted by molar-refractivity contribution is 0.324. The van der Waals surface area contributed by atoms with Crippen LogP contribution in [0.3, 0.4) is 0 Å².